The number of amides is 9. The van der Waals surface area contributed by atoms with Crippen LogP contribution in [0, 0.1) is 47.3 Å². The number of benzene rings is 2. The maximum absolute atomic E-state index is 14.7. The Morgan fingerprint density at radius 3 is 1.89 bits per heavy atom. The van der Waals surface area contributed by atoms with Gasteiger partial charge in [0.05, 0.1) is 69.5 Å². The fraction of sp³-hybridized carbons (Fsp3) is 0.694. The van der Waals surface area contributed by atoms with Crippen LogP contribution in [0.25, 0.3) is 0 Å². The van der Waals surface area contributed by atoms with E-state index in [9.17, 15) is 47.9 Å². The first-order valence-electron chi connectivity index (χ1n) is 34.6. The predicted octanol–water partition coefficient (Wildman–Crippen LogP) is 6.25. The summed E-state index contributed by atoms with van der Waals surface area (Å²) in [6.07, 6.45) is 3.55. The van der Waals surface area contributed by atoms with Crippen molar-refractivity contribution < 1.29 is 61.9 Å². The van der Waals surface area contributed by atoms with Gasteiger partial charge in [0.25, 0.3) is 0 Å². The third kappa shape index (κ3) is 24.7. The molecule has 532 valence electrons. The van der Waals surface area contributed by atoms with Gasteiger partial charge in [0.1, 0.15) is 11.8 Å². The molecule has 11 atom stereocenters. The summed E-state index contributed by atoms with van der Waals surface area (Å²) in [6, 6.07) is 12.6. The minimum atomic E-state index is -0.829. The van der Waals surface area contributed by atoms with Crippen LogP contribution in [0.2, 0.25) is 0 Å². The molecule has 2 aromatic rings. The molecular formula is C72H118N11O12+. The molecule has 2 heterocycles. The first kappa shape index (κ1) is 80.6. The molecule has 9 amide bonds. The number of nitrogens with one attached hydrogen (secondary N) is 6. The van der Waals surface area contributed by atoms with E-state index in [0.29, 0.717) is 49.9 Å². The minimum Gasteiger partial charge on any atom is -0.379 e. The van der Waals surface area contributed by atoms with Crippen LogP contribution in [0.1, 0.15) is 150 Å². The number of quaternary nitrogens is 1. The van der Waals surface area contributed by atoms with Crippen molar-refractivity contribution in [2.45, 2.75) is 195 Å². The van der Waals surface area contributed by atoms with Gasteiger partial charge >= 0.3 is 6.03 Å². The number of hydrogen-bond acceptors (Lipinski definition) is 13. The van der Waals surface area contributed by atoms with Gasteiger partial charge in [-0.05, 0) is 93.1 Å². The molecule has 2 fully saturated rings. The molecular weight excluding hydrogens is 1210 g/mol. The van der Waals surface area contributed by atoms with Crippen molar-refractivity contribution in [2.75, 3.05) is 87.5 Å². The number of hydrogen-bond donors (Lipinski definition) is 7. The topological polar surface area (TPSA) is 297 Å². The highest BCUT2D eigenvalue weighted by Crippen LogP contribution is 2.32. The fourth-order valence-electron chi connectivity index (χ4n) is 13.9. The molecule has 2 saturated heterocycles. The number of urea groups is 1. The van der Waals surface area contributed by atoms with E-state index in [1.165, 1.54) is 7.11 Å². The average Bonchev–Trinajstić information content (AvgIpc) is 1.80. The summed E-state index contributed by atoms with van der Waals surface area (Å²) in [5.74, 6) is -4.97. The SMILES string of the molecule is CC[C@H](C)[C@@H]([C@@H](CC(=O)N1CCC[C@H]1[C@H](OC)[C@@H](C)C(=O)C[C@@H](Cc1ccccc1)C(=O)NCc1ccc(NC(=O)[C@H](CCCNC(N)=O)CC(=O)[C@@H](NC(=O)CCC[N+]2(C)CCC(C(=O)NC)CC2)C(C)C)cc1)OC)N(C)C(=O)[C@@H](NC(=O)[C@H](C(C)C)N(C)C)C(C)C. The Balaban J connectivity index is 1.43. The number of ether oxygens (including phenoxy) is 2. The summed E-state index contributed by atoms with van der Waals surface area (Å²) in [7, 11) is 12.3. The first-order chi connectivity index (χ1) is 44.9. The zero-order valence-corrected chi connectivity index (χ0v) is 60.1. The standard InChI is InChI=1S/C72H117N11O12/c1-17-48(8)65(81(13)71(92)63(46(4)5)79-70(91)64(47(6)7)80(11)12)59(94-15)43-61(87)82-36-22-27-56(82)66(95-16)49(9)57(84)42-54(40-50-24-19-18-20-25-50)68(89)76-44-51-29-31-55(32-30-51)77-69(90)53(26-21-35-75-72(73)93)41-58(85)62(45(2)3)78-60(86)28-23-37-83(14)38-33-52(34-39-83)67(88)74-10/h18-20,24-25,29-32,45-49,52-54,56,59,62-66H,17,21-23,26-28,33-44H2,1-16H3,(H7-,73,74,75,76,77,78,79,86,88,89,90,91,93)/p+1/t48-,49-,52?,53+,54+,56-,59+,62-,63-,64-,65-,66+,83?/m0/s1. The van der Waals surface area contributed by atoms with Gasteiger partial charge in [-0.2, -0.15) is 0 Å². The average molecular weight is 1330 g/mol. The van der Waals surface area contributed by atoms with Crippen LogP contribution in [-0.2, 0) is 65.6 Å². The van der Waals surface area contributed by atoms with Crippen molar-refractivity contribution in [2.24, 2.45) is 53.1 Å². The summed E-state index contributed by atoms with van der Waals surface area (Å²) < 4.78 is 13.0. The lowest BCUT2D eigenvalue weighted by Crippen LogP contribution is -2.59. The van der Waals surface area contributed by atoms with E-state index in [1.54, 1.807) is 62.2 Å². The van der Waals surface area contributed by atoms with Crippen LogP contribution in [0.5, 0.6) is 0 Å². The number of carbonyl (C=O) groups is 10. The second-order valence-corrected chi connectivity index (χ2v) is 28.3. The molecule has 2 aliphatic rings. The van der Waals surface area contributed by atoms with Gasteiger partial charge < -0.3 is 61.4 Å². The number of likely N-dealkylation sites (tertiary alicyclic amines) is 2. The van der Waals surface area contributed by atoms with Crippen molar-refractivity contribution >= 4 is 64.6 Å². The van der Waals surface area contributed by atoms with Crippen molar-refractivity contribution in [1.82, 2.24) is 41.3 Å². The van der Waals surface area contributed by atoms with Crippen LogP contribution in [0.3, 0.4) is 0 Å². The van der Waals surface area contributed by atoms with Crippen molar-refractivity contribution in [3.63, 3.8) is 0 Å². The molecule has 23 heteroatoms. The number of nitrogens with zero attached hydrogens (tertiary/aromatic N) is 4. The Kier molecular flexibility index (Phi) is 33.4. The maximum Gasteiger partial charge on any atom is 0.312 e. The van der Waals surface area contributed by atoms with Crippen LogP contribution in [-0.4, -0.2) is 203 Å². The lowest BCUT2D eigenvalue weighted by atomic mass is 9.85. The van der Waals surface area contributed by atoms with E-state index >= 15 is 0 Å². The molecule has 0 aliphatic carbocycles. The number of Topliss-reactive ketones (excluding diaryl/α,β-unsaturated/α-hetero) is 2. The summed E-state index contributed by atoms with van der Waals surface area (Å²) in [6.45, 7) is 20.5. The first-order valence-corrected chi connectivity index (χ1v) is 34.6. The Hall–Kier alpha value is -6.82. The van der Waals surface area contributed by atoms with Gasteiger partial charge in [-0.1, -0.05) is 111 Å². The quantitative estimate of drug-likeness (QED) is 0.0287. The number of methoxy groups -OCH3 is 2. The van der Waals surface area contributed by atoms with E-state index < -0.39 is 72.1 Å². The van der Waals surface area contributed by atoms with Gasteiger partial charge in [-0.25, -0.2) is 4.79 Å². The Morgan fingerprint density at radius 1 is 0.705 bits per heavy atom. The van der Waals surface area contributed by atoms with Gasteiger partial charge in [0.15, 0.2) is 5.78 Å². The Labute approximate surface area is 566 Å². The summed E-state index contributed by atoms with van der Waals surface area (Å²) in [5.41, 5.74) is 7.35. The van der Waals surface area contributed by atoms with E-state index in [2.05, 4.69) is 38.9 Å². The third-order valence-electron chi connectivity index (χ3n) is 19.8. The lowest BCUT2D eigenvalue weighted by molar-refractivity contribution is -0.915. The smallest absolute Gasteiger partial charge is 0.312 e. The number of ketones is 2. The van der Waals surface area contributed by atoms with Gasteiger partial charge in [-0.15, -0.1) is 0 Å². The number of likely N-dealkylation sites (N-methyl/N-ethyl adjacent to an activating group) is 2. The Bertz CT molecular complexity index is 2800. The maximum atomic E-state index is 14.7. The molecule has 4 rings (SSSR count). The van der Waals surface area contributed by atoms with Gasteiger partial charge in [0, 0.05) is 116 Å². The third-order valence-corrected chi connectivity index (χ3v) is 19.8. The number of carbonyl (C=O) groups excluding carboxylic acids is 10. The normalized spacial score (nSPS) is 19.7. The number of piperidine rings is 1. The number of rotatable bonds is 40. The van der Waals surface area contributed by atoms with Gasteiger partial charge in [0.2, 0.25) is 41.4 Å². The van der Waals surface area contributed by atoms with Crippen LogP contribution >= 0.6 is 0 Å². The summed E-state index contributed by atoms with van der Waals surface area (Å²) in [5, 5.41) is 17.3. The zero-order valence-electron chi connectivity index (χ0n) is 60.1. The van der Waals surface area contributed by atoms with E-state index in [-0.39, 0.29) is 128 Å². The lowest BCUT2D eigenvalue weighted by Gasteiger charge is -2.41. The van der Waals surface area contributed by atoms with Crippen molar-refractivity contribution in [1.29, 1.82) is 0 Å². The monoisotopic (exact) mass is 1330 g/mol. The number of nitrogens with two attached hydrogens (primary N) is 1. The van der Waals surface area contributed by atoms with Crippen LogP contribution in [0.15, 0.2) is 54.6 Å². The molecule has 95 heavy (non-hydrogen) atoms. The largest absolute Gasteiger partial charge is 0.379 e. The zero-order chi connectivity index (χ0) is 70.9. The van der Waals surface area contributed by atoms with E-state index in [4.69, 9.17) is 15.2 Å². The molecule has 0 bridgehead atoms. The molecule has 8 N–H and O–H groups in total. The Morgan fingerprint density at radius 2 is 1.34 bits per heavy atom. The number of primary amides is 1. The molecule has 0 unspecified atom stereocenters. The van der Waals surface area contributed by atoms with Crippen molar-refractivity contribution in [3.8, 4) is 0 Å². The second-order valence-electron chi connectivity index (χ2n) is 28.3. The minimum absolute atomic E-state index is 0.00259. The highest BCUT2D eigenvalue weighted by Gasteiger charge is 2.44. The van der Waals surface area contributed by atoms with Crippen LogP contribution in [0.4, 0.5) is 10.5 Å². The summed E-state index contributed by atoms with van der Waals surface area (Å²) in [4.78, 5) is 142. The molecule has 2 aromatic carbocycles. The van der Waals surface area contributed by atoms with Gasteiger partial charge in [-0.3, -0.25) is 48.1 Å². The van der Waals surface area contributed by atoms with E-state index in [1.807, 2.05) is 105 Å². The molecule has 0 radical (unpaired) electrons. The van der Waals surface area contributed by atoms with Crippen LogP contribution < -0.4 is 37.6 Å². The highest BCUT2D eigenvalue weighted by atomic mass is 16.5. The molecule has 0 spiro atoms. The summed E-state index contributed by atoms with van der Waals surface area (Å²) >= 11 is 0. The van der Waals surface area contributed by atoms with Crippen molar-refractivity contribution in [3.05, 3.63) is 65.7 Å². The fourth-order valence-corrected chi connectivity index (χ4v) is 13.9. The molecule has 0 saturated carbocycles. The highest BCUT2D eigenvalue weighted by molar-refractivity contribution is 5.97. The molecule has 0 aromatic heterocycles. The number of anilines is 1. The molecule has 23 nitrogen and oxygen atoms in total. The van der Waals surface area contributed by atoms with E-state index in [0.717, 1.165) is 42.5 Å². The molecule has 2 aliphatic heterocycles. The second kappa shape index (κ2) is 39.4. The predicted molar refractivity (Wildman–Crippen MR) is 369 cm³/mol.